The number of thiophene rings is 1. The molecule has 0 aliphatic rings. The Morgan fingerprint density at radius 3 is 2.19 bits per heavy atom. The summed E-state index contributed by atoms with van der Waals surface area (Å²) in [6.07, 6.45) is -4.44. The van der Waals surface area contributed by atoms with E-state index in [9.17, 15) is 27.6 Å². The first kappa shape index (κ1) is 20.4. The van der Waals surface area contributed by atoms with Crippen molar-refractivity contribution in [1.29, 1.82) is 0 Å². The number of nitrogens with one attached hydrogen (secondary N) is 3. The number of rotatable bonds is 7. The summed E-state index contributed by atoms with van der Waals surface area (Å²) in [6, 6.07) is 7.10. The van der Waals surface area contributed by atoms with Gasteiger partial charge in [-0.1, -0.05) is 0 Å². The van der Waals surface area contributed by atoms with Crippen molar-refractivity contribution >= 4 is 34.7 Å². The summed E-state index contributed by atoms with van der Waals surface area (Å²) < 4.78 is 36.2. The van der Waals surface area contributed by atoms with Crippen molar-refractivity contribution in [3.63, 3.8) is 0 Å². The highest BCUT2D eigenvalue weighted by Crippen LogP contribution is 2.14. The van der Waals surface area contributed by atoms with Gasteiger partial charge < -0.3 is 16.0 Å². The highest BCUT2D eigenvalue weighted by atomic mass is 32.1. The molecule has 0 saturated carbocycles. The third kappa shape index (κ3) is 7.10. The molecule has 1 aromatic carbocycles. The summed E-state index contributed by atoms with van der Waals surface area (Å²) in [7, 11) is 0. The standard InChI is InChI=1S/C17H16F3N3O3S/c18-17(19,20)10-22-15(25)11-1-3-13(4-2-11)23-14(24)5-7-21-16(26)12-6-8-27-9-12/h1-4,6,8-9H,5,7,10H2,(H,21,26)(H,22,25)(H,23,24). The van der Waals surface area contributed by atoms with E-state index in [4.69, 9.17) is 0 Å². The molecule has 6 nitrogen and oxygen atoms in total. The van der Waals surface area contributed by atoms with E-state index in [-0.39, 0.29) is 30.3 Å². The van der Waals surface area contributed by atoms with Crippen LogP contribution in [0.2, 0.25) is 0 Å². The highest BCUT2D eigenvalue weighted by Gasteiger charge is 2.27. The van der Waals surface area contributed by atoms with Crippen LogP contribution in [0, 0.1) is 0 Å². The number of benzene rings is 1. The Kier molecular flexibility index (Phi) is 6.94. The molecular formula is C17H16F3N3O3S. The second-order valence-corrected chi connectivity index (χ2v) is 6.22. The van der Waals surface area contributed by atoms with E-state index in [1.165, 1.54) is 35.6 Å². The average molecular weight is 399 g/mol. The minimum absolute atomic E-state index is 0.0419. The molecule has 0 atom stereocenters. The van der Waals surface area contributed by atoms with Gasteiger partial charge in [-0.3, -0.25) is 14.4 Å². The Morgan fingerprint density at radius 2 is 1.59 bits per heavy atom. The van der Waals surface area contributed by atoms with Crippen molar-refractivity contribution in [2.24, 2.45) is 0 Å². The van der Waals surface area contributed by atoms with E-state index in [0.717, 1.165) is 0 Å². The van der Waals surface area contributed by atoms with E-state index >= 15 is 0 Å². The lowest BCUT2D eigenvalue weighted by atomic mass is 10.2. The first-order valence-corrected chi connectivity index (χ1v) is 8.74. The highest BCUT2D eigenvalue weighted by molar-refractivity contribution is 7.08. The normalized spacial score (nSPS) is 10.9. The molecule has 2 rings (SSSR count). The molecule has 1 heterocycles. The zero-order valence-electron chi connectivity index (χ0n) is 13.9. The number of hydrogen-bond donors (Lipinski definition) is 3. The number of carbonyl (C=O) groups is 3. The number of halogens is 3. The van der Waals surface area contributed by atoms with Crippen LogP contribution in [-0.2, 0) is 4.79 Å². The van der Waals surface area contributed by atoms with E-state index in [1.54, 1.807) is 22.1 Å². The van der Waals surface area contributed by atoms with E-state index in [1.807, 2.05) is 0 Å². The number of alkyl halides is 3. The Bertz CT molecular complexity index is 790. The molecule has 27 heavy (non-hydrogen) atoms. The summed E-state index contributed by atoms with van der Waals surface area (Å²) in [5, 5.41) is 10.4. The minimum Gasteiger partial charge on any atom is -0.351 e. The first-order chi connectivity index (χ1) is 12.7. The summed E-state index contributed by atoms with van der Waals surface area (Å²) >= 11 is 1.39. The van der Waals surface area contributed by atoms with Crippen molar-refractivity contribution in [3.8, 4) is 0 Å². The number of anilines is 1. The molecule has 0 spiro atoms. The zero-order chi connectivity index (χ0) is 19.9. The fourth-order valence-electron chi connectivity index (χ4n) is 2.00. The van der Waals surface area contributed by atoms with Gasteiger partial charge in [0.1, 0.15) is 6.54 Å². The quantitative estimate of drug-likeness (QED) is 0.669. The third-order valence-electron chi connectivity index (χ3n) is 3.30. The Hall–Kier alpha value is -2.88. The second-order valence-electron chi connectivity index (χ2n) is 5.44. The lowest BCUT2D eigenvalue weighted by Gasteiger charge is -2.09. The molecule has 0 saturated heterocycles. The molecular weight excluding hydrogens is 383 g/mol. The SMILES string of the molecule is O=C(CCNC(=O)c1ccsc1)Nc1ccc(C(=O)NCC(F)(F)F)cc1. The first-order valence-electron chi connectivity index (χ1n) is 7.80. The largest absolute Gasteiger partial charge is 0.405 e. The van der Waals surface area contributed by atoms with E-state index in [0.29, 0.717) is 11.3 Å². The summed E-state index contributed by atoms with van der Waals surface area (Å²) in [5.41, 5.74) is 0.955. The molecule has 2 aromatic rings. The lowest BCUT2D eigenvalue weighted by Crippen LogP contribution is -2.33. The van der Waals surface area contributed by atoms with Crippen LogP contribution in [-0.4, -0.2) is 37.0 Å². The molecule has 3 N–H and O–H groups in total. The van der Waals surface area contributed by atoms with Crippen molar-refractivity contribution < 1.29 is 27.6 Å². The van der Waals surface area contributed by atoms with Gasteiger partial charge in [-0.15, -0.1) is 0 Å². The maximum absolute atomic E-state index is 12.1. The second kappa shape index (κ2) is 9.17. The van der Waals surface area contributed by atoms with E-state index < -0.39 is 18.6 Å². The molecule has 0 aliphatic heterocycles. The van der Waals surface area contributed by atoms with Crippen LogP contribution in [0.1, 0.15) is 27.1 Å². The smallest absolute Gasteiger partial charge is 0.351 e. The van der Waals surface area contributed by atoms with Gasteiger partial charge in [0.25, 0.3) is 11.8 Å². The van der Waals surface area contributed by atoms with E-state index in [2.05, 4.69) is 10.6 Å². The maximum Gasteiger partial charge on any atom is 0.405 e. The monoisotopic (exact) mass is 399 g/mol. The van der Waals surface area contributed by atoms with Gasteiger partial charge in [0.05, 0.1) is 0 Å². The van der Waals surface area contributed by atoms with Crippen LogP contribution >= 0.6 is 11.3 Å². The number of hydrogen-bond acceptors (Lipinski definition) is 4. The molecule has 0 fully saturated rings. The zero-order valence-corrected chi connectivity index (χ0v) is 14.7. The fourth-order valence-corrected chi connectivity index (χ4v) is 2.63. The van der Waals surface area contributed by atoms with Crippen molar-refractivity contribution in [2.75, 3.05) is 18.4 Å². The molecule has 1 aromatic heterocycles. The number of carbonyl (C=O) groups excluding carboxylic acids is 3. The van der Waals surface area contributed by atoms with Crippen LogP contribution < -0.4 is 16.0 Å². The molecule has 0 aliphatic carbocycles. The molecule has 0 bridgehead atoms. The Labute approximate surface area is 156 Å². The molecule has 144 valence electrons. The van der Waals surface area contributed by atoms with Gasteiger partial charge in [0.2, 0.25) is 5.91 Å². The Morgan fingerprint density at radius 1 is 0.926 bits per heavy atom. The van der Waals surface area contributed by atoms with Crippen molar-refractivity contribution in [2.45, 2.75) is 12.6 Å². The number of amides is 3. The summed E-state index contributed by atoms with van der Waals surface area (Å²) in [5.74, 6) is -1.48. The van der Waals surface area contributed by atoms with Gasteiger partial charge in [-0.2, -0.15) is 24.5 Å². The molecule has 10 heteroatoms. The van der Waals surface area contributed by atoms with Gasteiger partial charge in [-0.25, -0.2) is 0 Å². The molecule has 0 unspecified atom stereocenters. The van der Waals surface area contributed by atoms with Gasteiger partial charge in [0.15, 0.2) is 0 Å². The van der Waals surface area contributed by atoms with Gasteiger partial charge >= 0.3 is 6.18 Å². The van der Waals surface area contributed by atoms with Crippen LogP contribution in [0.3, 0.4) is 0 Å². The minimum atomic E-state index is -4.48. The lowest BCUT2D eigenvalue weighted by molar-refractivity contribution is -0.123. The van der Waals surface area contributed by atoms with Crippen LogP contribution in [0.15, 0.2) is 41.1 Å². The van der Waals surface area contributed by atoms with Gasteiger partial charge in [-0.05, 0) is 35.7 Å². The van der Waals surface area contributed by atoms with Crippen molar-refractivity contribution in [3.05, 3.63) is 52.2 Å². The fraction of sp³-hybridized carbons (Fsp3) is 0.235. The summed E-state index contributed by atoms with van der Waals surface area (Å²) in [6.45, 7) is -1.26. The molecule has 0 radical (unpaired) electrons. The van der Waals surface area contributed by atoms with Gasteiger partial charge in [0, 0.05) is 35.2 Å². The van der Waals surface area contributed by atoms with Crippen LogP contribution in [0.5, 0.6) is 0 Å². The third-order valence-corrected chi connectivity index (χ3v) is 3.98. The van der Waals surface area contributed by atoms with Crippen molar-refractivity contribution in [1.82, 2.24) is 10.6 Å². The average Bonchev–Trinajstić information content (AvgIpc) is 3.14. The molecule has 3 amide bonds. The van der Waals surface area contributed by atoms with Crippen LogP contribution in [0.25, 0.3) is 0 Å². The Balaban J connectivity index is 1.75. The predicted octanol–water partition coefficient (Wildman–Crippen LogP) is 2.80. The predicted molar refractivity (Wildman–Crippen MR) is 94.7 cm³/mol. The maximum atomic E-state index is 12.1. The van der Waals surface area contributed by atoms with Crippen LogP contribution in [0.4, 0.5) is 18.9 Å². The topological polar surface area (TPSA) is 87.3 Å². The summed E-state index contributed by atoms with van der Waals surface area (Å²) in [4.78, 5) is 35.2.